The number of aldehydes is 1. The Balaban J connectivity index is 4.27. The van der Waals surface area contributed by atoms with Gasteiger partial charge in [0.1, 0.15) is 6.04 Å². The Hall–Kier alpha value is -1.43. The SMILES string of the molecule is COC(=O)CC(C=O)OC(=O)C(N)C(C)C. The van der Waals surface area contributed by atoms with E-state index < -0.39 is 24.1 Å². The number of carbonyl (C=O) groups is 3. The molecule has 2 atom stereocenters. The van der Waals surface area contributed by atoms with E-state index in [2.05, 4.69) is 4.74 Å². The Kier molecular flexibility index (Phi) is 6.32. The van der Waals surface area contributed by atoms with E-state index in [1.54, 1.807) is 13.8 Å². The third-order valence-electron chi connectivity index (χ3n) is 2.01. The van der Waals surface area contributed by atoms with Crippen LogP contribution in [-0.2, 0) is 23.9 Å². The van der Waals surface area contributed by atoms with Gasteiger partial charge in [-0.3, -0.25) is 14.4 Å². The Bertz CT molecular complexity index is 264. The first-order chi connectivity index (χ1) is 7.42. The summed E-state index contributed by atoms with van der Waals surface area (Å²) in [7, 11) is 1.19. The van der Waals surface area contributed by atoms with E-state index in [0.29, 0.717) is 6.29 Å². The lowest BCUT2D eigenvalue weighted by Crippen LogP contribution is -2.39. The molecular formula is C10H17NO5. The number of hydrogen-bond donors (Lipinski definition) is 1. The van der Waals surface area contributed by atoms with Gasteiger partial charge in [0, 0.05) is 0 Å². The number of esters is 2. The Morgan fingerprint density at radius 2 is 1.94 bits per heavy atom. The van der Waals surface area contributed by atoms with Crippen molar-refractivity contribution in [1.29, 1.82) is 0 Å². The Morgan fingerprint density at radius 3 is 2.31 bits per heavy atom. The lowest BCUT2D eigenvalue weighted by molar-refractivity contribution is -0.158. The smallest absolute Gasteiger partial charge is 0.323 e. The molecule has 0 saturated heterocycles. The van der Waals surface area contributed by atoms with Gasteiger partial charge < -0.3 is 15.2 Å². The van der Waals surface area contributed by atoms with Crippen LogP contribution in [0.3, 0.4) is 0 Å². The summed E-state index contributed by atoms with van der Waals surface area (Å²) in [6, 6.07) is -0.805. The molecule has 0 aliphatic carbocycles. The van der Waals surface area contributed by atoms with Gasteiger partial charge in [-0.25, -0.2) is 0 Å². The normalized spacial score (nSPS) is 14.1. The van der Waals surface area contributed by atoms with Gasteiger partial charge in [-0.05, 0) is 5.92 Å². The largest absolute Gasteiger partial charge is 0.469 e. The average Bonchev–Trinajstić information content (AvgIpc) is 2.26. The topological polar surface area (TPSA) is 95.7 Å². The van der Waals surface area contributed by atoms with Crippen molar-refractivity contribution in [2.75, 3.05) is 7.11 Å². The minimum absolute atomic E-state index is 0.0991. The van der Waals surface area contributed by atoms with Gasteiger partial charge in [0.2, 0.25) is 0 Å². The maximum atomic E-state index is 11.4. The fraction of sp³-hybridized carbons (Fsp3) is 0.700. The van der Waals surface area contributed by atoms with Gasteiger partial charge >= 0.3 is 11.9 Å². The predicted molar refractivity (Wildman–Crippen MR) is 55.4 cm³/mol. The molecule has 0 aliphatic rings. The molecule has 0 amide bonds. The molecule has 16 heavy (non-hydrogen) atoms. The van der Waals surface area contributed by atoms with Crippen LogP contribution in [0.15, 0.2) is 0 Å². The van der Waals surface area contributed by atoms with Gasteiger partial charge in [0.05, 0.1) is 13.5 Å². The van der Waals surface area contributed by atoms with Gasteiger partial charge in [0.25, 0.3) is 0 Å². The van der Waals surface area contributed by atoms with E-state index in [1.165, 1.54) is 7.11 Å². The van der Waals surface area contributed by atoms with Crippen LogP contribution < -0.4 is 5.73 Å². The summed E-state index contributed by atoms with van der Waals surface area (Å²) >= 11 is 0. The highest BCUT2D eigenvalue weighted by molar-refractivity contribution is 5.80. The predicted octanol–water partition coefficient (Wildman–Crippen LogP) is -0.356. The number of rotatable bonds is 6. The lowest BCUT2D eigenvalue weighted by atomic mass is 10.1. The summed E-state index contributed by atoms with van der Waals surface area (Å²) in [5.74, 6) is -1.42. The summed E-state index contributed by atoms with van der Waals surface area (Å²) in [4.78, 5) is 32.8. The lowest BCUT2D eigenvalue weighted by Gasteiger charge is -2.17. The molecule has 0 aromatic rings. The fourth-order valence-electron chi connectivity index (χ4n) is 0.865. The Morgan fingerprint density at radius 1 is 1.38 bits per heavy atom. The fourth-order valence-corrected chi connectivity index (χ4v) is 0.865. The van der Waals surface area contributed by atoms with Crippen LogP contribution in [0, 0.1) is 5.92 Å². The second-order valence-corrected chi connectivity index (χ2v) is 3.66. The quantitative estimate of drug-likeness (QED) is 0.495. The molecule has 0 radical (unpaired) electrons. The molecular weight excluding hydrogens is 214 g/mol. The van der Waals surface area contributed by atoms with Crippen molar-refractivity contribution in [2.45, 2.75) is 32.4 Å². The molecule has 92 valence electrons. The number of carbonyl (C=O) groups excluding carboxylic acids is 3. The molecule has 2 unspecified atom stereocenters. The van der Waals surface area contributed by atoms with Crippen LogP contribution in [0.4, 0.5) is 0 Å². The second-order valence-electron chi connectivity index (χ2n) is 3.66. The van der Waals surface area contributed by atoms with E-state index >= 15 is 0 Å². The summed E-state index contributed by atoms with van der Waals surface area (Å²) < 4.78 is 9.11. The third-order valence-corrected chi connectivity index (χ3v) is 2.01. The highest BCUT2D eigenvalue weighted by Gasteiger charge is 2.24. The van der Waals surface area contributed by atoms with Crippen molar-refractivity contribution >= 4 is 18.2 Å². The van der Waals surface area contributed by atoms with Gasteiger partial charge in [-0.2, -0.15) is 0 Å². The zero-order valence-electron chi connectivity index (χ0n) is 9.64. The van der Waals surface area contributed by atoms with Crippen LogP contribution in [-0.4, -0.2) is 37.5 Å². The molecule has 0 heterocycles. The van der Waals surface area contributed by atoms with Gasteiger partial charge in [0.15, 0.2) is 12.4 Å². The van der Waals surface area contributed by atoms with Crippen molar-refractivity contribution in [3.05, 3.63) is 0 Å². The molecule has 0 aromatic heterocycles. The first-order valence-corrected chi connectivity index (χ1v) is 4.90. The average molecular weight is 231 g/mol. The van der Waals surface area contributed by atoms with Crippen molar-refractivity contribution in [1.82, 2.24) is 0 Å². The molecule has 0 saturated carbocycles. The second kappa shape index (κ2) is 6.95. The van der Waals surface area contributed by atoms with Crippen molar-refractivity contribution in [2.24, 2.45) is 11.7 Å². The number of ether oxygens (including phenoxy) is 2. The monoisotopic (exact) mass is 231 g/mol. The first kappa shape index (κ1) is 14.6. The van der Waals surface area contributed by atoms with E-state index in [9.17, 15) is 14.4 Å². The minimum atomic E-state index is -1.13. The van der Waals surface area contributed by atoms with Crippen molar-refractivity contribution in [3.8, 4) is 0 Å². The van der Waals surface area contributed by atoms with E-state index in [4.69, 9.17) is 10.5 Å². The first-order valence-electron chi connectivity index (χ1n) is 4.90. The summed E-state index contributed by atoms with van der Waals surface area (Å²) in [5, 5.41) is 0. The maximum absolute atomic E-state index is 11.4. The van der Waals surface area contributed by atoms with Gasteiger partial charge in [-0.1, -0.05) is 13.8 Å². The third kappa shape index (κ3) is 4.88. The summed E-state index contributed by atoms with van der Waals surface area (Å²) in [6.07, 6.45) is -1.05. The molecule has 6 heteroatoms. The van der Waals surface area contributed by atoms with E-state index in [0.717, 1.165) is 0 Å². The molecule has 6 nitrogen and oxygen atoms in total. The standard InChI is InChI=1S/C10H17NO5/c1-6(2)9(11)10(14)16-7(5-12)4-8(13)15-3/h5-7,9H,4,11H2,1-3H3. The highest BCUT2D eigenvalue weighted by atomic mass is 16.6. The molecule has 0 bridgehead atoms. The summed E-state index contributed by atoms with van der Waals surface area (Å²) in [6.45, 7) is 3.50. The summed E-state index contributed by atoms with van der Waals surface area (Å²) in [5.41, 5.74) is 5.52. The van der Waals surface area contributed by atoms with Crippen LogP contribution in [0.5, 0.6) is 0 Å². The van der Waals surface area contributed by atoms with E-state index in [1.807, 2.05) is 0 Å². The zero-order valence-corrected chi connectivity index (χ0v) is 9.64. The van der Waals surface area contributed by atoms with Crippen LogP contribution >= 0.6 is 0 Å². The number of nitrogens with two attached hydrogens (primary N) is 1. The molecule has 0 aromatic carbocycles. The number of hydrogen-bond acceptors (Lipinski definition) is 6. The minimum Gasteiger partial charge on any atom is -0.469 e. The highest BCUT2D eigenvalue weighted by Crippen LogP contribution is 2.04. The van der Waals surface area contributed by atoms with Crippen LogP contribution in [0.2, 0.25) is 0 Å². The van der Waals surface area contributed by atoms with Crippen LogP contribution in [0.25, 0.3) is 0 Å². The maximum Gasteiger partial charge on any atom is 0.323 e. The zero-order chi connectivity index (χ0) is 12.7. The van der Waals surface area contributed by atoms with Crippen molar-refractivity contribution in [3.63, 3.8) is 0 Å². The van der Waals surface area contributed by atoms with Crippen LogP contribution in [0.1, 0.15) is 20.3 Å². The van der Waals surface area contributed by atoms with Crippen molar-refractivity contribution < 1.29 is 23.9 Å². The molecule has 0 spiro atoms. The Labute approximate surface area is 94.1 Å². The van der Waals surface area contributed by atoms with Gasteiger partial charge in [-0.15, -0.1) is 0 Å². The van der Waals surface area contributed by atoms with E-state index in [-0.39, 0.29) is 12.3 Å². The molecule has 0 rings (SSSR count). The molecule has 2 N–H and O–H groups in total. The molecule has 0 fully saturated rings. The molecule has 0 aliphatic heterocycles. The number of methoxy groups -OCH3 is 1.